The highest BCUT2D eigenvalue weighted by Gasteiger charge is 2.04. The second-order valence-corrected chi connectivity index (χ2v) is 5.30. The largest absolute Gasteiger partial charge is 0.497 e. The van der Waals surface area contributed by atoms with Gasteiger partial charge in [-0.1, -0.05) is 12.1 Å². The highest BCUT2D eigenvalue weighted by Crippen LogP contribution is 2.19. The van der Waals surface area contributed by atoms with Crippen LogP contribution in [-0.4, -0.2) is 30.9 Å². The van der Waals surface area contributed by atoms with Crippen molar-refractivity contribution in [2.45, 2.75) is 12.8 Å². The first-order chi connectivity index (χ1) is 11.2. The van der Waals surface area contributed by atoms with Crippen LogP contribution in [0.5, 0.6) is 11.5 Å². The minimum Gasteiger partial charge on any atom is -0.497 e. The van der Waals surface area contributed by atoms with E-state index in [0.29, 0.717) is 16.7 Å². The summed E-state index contributed by atoms with van der Waals surface area (Å²) in [5, 5.41) is 6.76. The van der Waals surface area contributed by atoms with Crippen LogP contribution in [0.3, 0.4) is 0 Å². The van der Waals surface area contributed by atoms with Crippen LogP contribution < -0.4 is 20.1 Å². The van der Waals surface area contributed by atoms with Gasteiger partial charge in [-0.3, -0.25) is 0 Å². The summed E-state index contributed by atoms with van der Waals surface area (Å²) in [5.74, 6) is 2.15. The SMILES string of the molecule is COc1ccc(CCCNC(=S)Nc2ncccc2OC)cc1. The number of aromatic nitrogens is 1. The Morgan fingerprint density at radius 3 is 2.61 bits per heavy atom. The molecule has 1 aromatic heterocycles. The molecule has 1 heterocycles. The molecule has 23 heavy (non-hydrogen) atoms. The van der Waals surface area contributed by atoms with Crippen molar-refractivity contribution in [2.75, 3.05) is 26.1 Å². The first kappa shape index (κ1) is 17.0. The molecule has 0 bridgehead atoms. The number of aryl methyl sites for hydroxylation is 1. The number of hydrogen-bond donors (Lipinski definition) is 2. The summed E-state index contributed by atoms with van der Waals surface area (Å²) in [4.78, 5) is 4.21. The normalized spacial score (nSPS) is 10.0. The molecule has 0 atom stereocenters. The summed E-state index contributed by atoms with van der Waals surface area (Å²) in [6.45, 7) is 0.785. The molecule has 0 saturated carbocycles. The van der Waals surface area contributed by atoms with Gasteiger partial charge in [-0.25, -0.2) is 4.98 Å². The molecular formula is C17H21N3O2S. The van der Waals surface area contributed by atoms with Crippen LogP contribution in [-0.2, 0) is 6.42 Å². The zero-order valence-corrected chi connectivity index (χ0v) is 14.2. The molecule has 0 aliphatic carbocycles. The Balaban J connectivity index is 1.72. The number of thiocarbonyl (C=S) groups is 1. The van der Waals surface area contributed by atoms with Gasteiger partial charge in [-0.2, -0.15) is 0 Å². The quantitative estimate of drug-likeness (QED) is 0.601. The Morgan fingerprint density at radius 2 is 1.91 bits per heavy atom. The Bertz CT molecular complexity index is 632. The van der Waals surface area contributed by atoms with Crippen LogP contribution in [0.4, 0.5) is 5.82 Å². The number of nitrogens with one attached hydrogen (secondary N) is 2. The average Bonchev–Trinajstić information content (AvgIpc) is 2.59. The Morgan fingerprint density at radius 1 is 1.13 bits per heavy atom. The number of rotatable bonds is 7. The summed E-state index contributed by atoms with van der Waals surface area (Å²) in [6.07, 6.45) is 3.65. The summed E-state index contributed by atoms with van der Waals surface area (Å²) in [7, 11) is 3.27. The predicted molar refractivity (Wildman–Crippen MR) is 96.3 cm³/mol. The number of pyridine rings is 1. The van der Waals surface area contributed by atoms with Crippen molar-refractivity contribution in [3.63, 3.8) is 0 Å². The van der Waals surface area contributed by atoms with E-state index in [2.05, 4.69) is 27.8 Å². The van der Waals surface area contributed by atoms with E-state index in [4.69, 9.17) is 21.7 Å². The number of ether oxygens (including phenoxy) is 2. The standard InChI is InChI=1S/C17H21N3O2S/c1-21-14-9-7-13(8-10-14)5-3-12-19-17(23)20-16-15(22-2)6-4-11-18-16/h4,6-11H,3,5,12H2,1-2H3,(H2,18,19,20,23). The first-order valence-electron chi connectivity index (χ1n) is 7.39. The molecule has 0 radical (unpaired) electrons. The maximum Gasteiger partial charge on any atom is 0.174 e. The summed E-state index contributed by atoms with van der Waals surface area (Å²) in [6, 6.07) is 11.8. The van der Waals surface area contributed by atoms with Gasteiger partial charge in [-0.15, -0.1) is 0 Å². The van der Waals surface area contributed by atoms with Gasteiger partial charge in [0.15, 0.2) is 16.7 Å². The van der Waals surface area contributed by atoms with Crippen LogP contribution in [0.25, 0.3) is 0 Å². The van der Waals surface area contributed by atoms with Gasteiger partial charge in [0.2, 0.25) is 0 Å². The molecule has 5 nitrogen and oxygen atoms in total. The molecule has 122 valence electrons. The van der Waals surface area contributed by atoms with E-state index in [1.54, 1.807) is 20.4 Å². The van der Waals surface area contributed by atoms with Gasteiger partial charge in [0.1, 0.15) is 5.75 Å². The van der Waals surface area contributed by atoms with Crippen LogP contribution in [0.1, 0.15) is 12.0 Å². The number of hydrogen-bond acceptors (Lipinski definition) is 4. The van der Waals surface area contributed by atoms with E-state index >= 15 is 0 Å². The lowest BCUT2D eigenvalue weighted by Gasteiger charge is -2.12. The zero-order valence-electron chi connectivity index (χ0n) is 13.3. The third-order valence-corrected chi connectivity index (χ3v) is 3.56. The van der Waals surface area contributed by atoms with Crippen LogP contribution in [0.2, 0.25) is 0 Å². The van der Waals surface area contributed by atoms with E-state index in [1.165, 1.54) is 5.56 Å². The van der Waals surface area contributed by atoms with Crippen molar-refractivity contribution < 1.29 is 9.47 Å². The van der Waals surface area contributed by atoms with E-state index < -0.39 is 0 Å². The van der Waals surface area contributed by atoms with Gasteiger partial charge in [0.25, 0.3) is 0 Å². The van der Waals surface area contributed by atoms with Gasteiger partial charge >= 0.3 is 0 Å². The molecule has 0 saturated heterocycles. The first-order valence-corrected chi connectivity index (χ1v) is 7.80. The molecule has 0 unspecified atom stereocenters. The molecular weight excluding hydrogens is 310 g/mol. The lowest BCUT2D eigenvalue weighted by Crippen LogP contribution is -2.30. The minimum absolute atomic E-state index is 0.539. The fraction of sp³-hybridized carbons (Fsp3) is 0.294. The number of benzene rings is 1. The fourth-order valence-corrected chi connectivity index (χ4v) is 2.29. The van der Waals surface area contributed by atoms with Crippen LogP contribution >= 0.6 is 12.2 Å². The molecule has 0 aliphatic heterocycles. The highest BCUT2D eigenvalue weighted by atomic mass is 32.1. The summed E-state index contributed by atoms with van der Waals surface area (Å²) >= 11 is 5.27. The molecule has 6 heteroatoms. The molecule has 0 amide bonds. The van der Waals surface area contributed by atoms with Gasteiger partial charge in [-0.05, 0) is 54.9 Å². The molecule has 2 aromatic rings. The number of nitrogens with zero attached hydrogens (tertiary/aromatic N) is 1. The van der Waals surface area contributed by atoms with E-state index in [0.717, 1.165) is 25.1 Å². The maximum absolute atomic E-state index is 5.27. The van der Waals surface area contributed by atoms with E-state index in [9.17, 15) is 0 Å². The van der Waals surface area contributed by atoms with Crippen molar-refractivity contribution in [2.24, 2.45) is 0 Å². The van der Waals surface area contributed by atoms with Crippen molar-refractivity contribution in [3.05, 3.63) is 48.2 Å². The second kappa shape index (κ2) is 8.95. The van der Waals surface area contributed by atoms with Gasteiger partial charge in [0, 0.05) is 12.7 Å². The molecule has 1 aromatic carbocycles. The number of methoxy groups -OCH3 is 2. The van der Waals surface area contributed by atoms with Crippen molar-refractivity contribution in [3.8, 4) is 11.5 Å². The Kier molecular flexibility index (Phi) is 6.62. The number of anilines is 1. The van der Waals surface area contributed by atoms with E-state index in [1.807, 2.05) is 24.3 Å². The predicted octanol–water partition coefficient (Wildman–Crippen LogP) is 3.02. The molecule has 0 spiro atoms. The van der Waals surface area contributed by atoms with Gasteiger partial charge < -0.3 is 20.1 Å². The smallest absolute Gasteiger partial charge is 0.174 e. The third-order valence-electron chi connectivity index (χ3n) is 3.31. The Labute approximate surface area is 142 Å². The Hall–Kier alpha value is -2.34. The average molecular weight is 331 g/mol. The van der Waals surface area contributed by atoms with Crippen molar-refractivity contribution in [1.82, 2.24) is 10.3 Å². The topological polar surface area (TPSA) is 55.4 Å². The fourth-order valence-electron chi connectivity index (χ4n) is 2.09. The molecule has 0 aliphatic rings. The molecule has 2 rings (SSSR count). The lowest BCUT2D eigenvalue weighted by molar-refractivity contribution is 0.414. The van der Waals surface area contributed by atoms with Crippen LogP contribution in [0.15, 0.2) is 42.6 Å². The molecule has 0 fully saturated rings. The monoisotopic (exact) mass is 331 g/mol. The van der Waals surface area contributed by atoms with Crippen LogP contribution in [0, 0.1) is 0 Å². The highest BCUT2D eigenvalue weighted by molar-refractivity contribution is 7.80. The lowest BCUT2D eigenvalue weighted by atomic mass is 10.1. The summed E-state index contributed by atoms with van der Waals surface area (Å²) < 4.78 is 10.4. The van der Waals surface area contributed by atoms with Crippen molar-refractivity contribution in [1.29, 1.82) is 0 Å². The minimum atomic E-state index is 0.539. The van der Waals surface area contributed by atoms with Gasteiger partial charge in [0.05, 0.1) is 14.2 Å². The third kappa shape index (κ3) is 5.41. The maximum atomic E-state index is 5.27. The summed E-state index contributed by atoms with van der Waals surface area (Å²) in [5.41, 5.74) is 1.28. The molecule has 2 N–H and O–H groups in total. The zero-order chi connectivity index (χ0) is 16.5. The van der Waals surface area contributed by atoms with Crippen molar-refractivity contribution >= 4 is 23.1 Å². The van der Waals surface area contributed by atoms with E-state index in [-0.39, 0.29) is 0 Å². The second-order valence-electron chi connectivity index (χ2n) is 4.89.